The number of aromatic nitrogens is 1. The van der Waals surface area contributed by atoms with Crippen molar-refractivity contribution in [1.29, 1.82) is 0 Å². The first kappa shape index (κ1) is 19.6. The summed E-state index contributed by atoms with van der Waals surface area (Å²) < 4.78 is 12.5. The van der Waals surface area contributed by atoms with Crippen LogP contribution < -0.4 is 9.54 Å². The van der Waals surface area contributed by atoms with Gasteiger partial charge in [0.05, 0.1) is 17.6 Å². The summed E-state index contributed by atoms with van der Waals surface area (Å²) >= 11 is 7.33. The number of hydrogen-bond acceptors (Lipinski definition) is 5. The Labute approximate surface area is 166 Å². The number of methoxy groups -OCH3 is 1. The van der Waals surface area contributed by atoms with Gasteiger partial charge in [0.15, 0.2) is 4.80 Å². The van der Waals surface area contributed by atoms with Crippen molar-refractivity contribution in [3.8, 4) is 5.75 Å². The average molecular weight is 409 g/mol. The monoisotopic (exact) mass is 408 g/mol. The Morgan fingerprint density at radius 3 is 2.81 bits per heavy atom. The highest BCUT2D eigenvalue weighted by Crippen LogP contribution is 2.38. The highest BCUT2D eigenvalue weighted by atomic mass is 35.5. The summed E-state index contributed by atoms with van der Waals surface area (Å²) in [6.07, 6.45) is 1.81. The molecule has 0 unspecified atom stereocenters. The van der Waals surface area contributed by atoms with Crippen LogP contribution in [-0.4, -0.2) is 23.6 Å². The molecule has 8 heteroatoms. The van der Waals surface area contributed by atoms with E-state index >= 15 is 0 Å². The minimum Gasteiger partial charge on any atom is -0.496 e. The standard InChI is InChI=1S/C19H21ClN2O4S/c1-5-6-9-22-14-15(19(2,3)26-17(14)24)27-18(22)21-16(23)12-10-11(20)7-8-13(12)25-4/h7-8,10H,5-6,9H2,1-4H3. The molecule has 6 nitrogen and oxygen atoms in total. The molecule has 0 atom stereocenters. The molecular formula is C19H21ClN2O4S. The van der Waals surface area contributed by atoms with Crippen molar-refractivity contribution in [2.45, 2.75) is 45.8 Å². The summed E-state index contributed by atoms with van der Waals surface area (Å²) in [5.74, 6) is -0.445. The van der Waals surface area contributed by atoms with Gasteiger partial charge in [0.25, 0.3) is 5.91 Å². The first-order valence-electron chi connectivity index (χ1n) is 8.68. The van der Waals surface area contributed by atoms with Crippen molar-refractivity contribution in [1.82, 2.24) is 4.57 Å². The van der Waals surface area contributed by atoms with Crippen LogP contribution in [0.15, 0.2) is 23.2 Å². The maximum absolute atomic E-state index is 12.8. The third-order valence-electron chi connectivity index (χ3n) is 4.32. The van der Waals surface area contributed by atoms with Crippen LogP contribution in [0.5, 0.6) is 5.75 Å². The fourth-order valence-electron chi connectivity index (χ4n) is 2.95. The lowest BCUT2D eigenvalue weighted by Gasteiger charge is -2.15. The zero-order valence-corrected chi connectivity index (χ0v) is 17.2. The van der Waals surface area contributed by atoms with Crippen LogP contribution >= 0.6 is 22.9 Å². The van der Waals surface area contributed by atoms with Crippen molar-refractivity contribution in [3.05, 3.63) is 44.2 Å². The predicted molar refractivity (Wildman–Crippen MR) is 104 cm³/mol. The highest BCUT2D eigenvalue weighted by molar-refractivity contribution is 7.09. The second-order valence-electron chi connectivity index (χ2n) is 6.73. The Hall–Kier alpha value is -2.12. The average Bonchev–Trinajstić information content (AvgIpc) is 3.08. The molecule has 2 heterocycles. The maximum atomic E-state index is 12.8. The zero-order valence-electron chi connectivity index (χ0n) is 15.7. The molecule has 3 rings (SSSR count). The number of ether oxygens (including phenoxy) is 2. The van der Waals surface area contributed by atoms with E-state index in [0.29, 0.717) is 27.8 Å². The van der Waals surface area contributed by atoms with Crippen LogP contribution in [0.1, 0.15) is 59.3 Å². The largest absolute Gasteiger partial charge is 0.496 e. The smallest absolute Gasteiger partial charge is 0.357 e. The fourth-order valence-corrected chi connectivity index (χ4v) is 4.31. The van der Waals surface area contributed by atoms with Crippen LogP contribution in [0.4, 0.5) is 0 Å². The second kappa shape index (κ2) is 7.48. The minimum absolute atomic E-state index is 0.280. The lowest BCUT2D eigenvalue weighted by atomic mass is 10.1. The van der Waals surface area contributed by atoms with Gasteiger partial charge < -0.3 is 14.0 Å². The molecule has 0 radical (unpaired) electrons. The molecule has 0 fully saturated rings. The second-order valence-corrected chi connectivity index (χ2v) is 8.14. The normalized spacial score (nSPS) is 15.6. The van der Waals surface area contributed by atoms with Gasteiger partial charge in [-0.15, -0.1) is 0 Å². The first-order valence-corrected chi connectivity index (χ1v) is 9.88. The van der Waals surface area contributed by atoms with Crippen LogP contribution in [0.2, 0.25) is 5.02 Å². The molecule has 0 saturated carbocycles. The minimum atomic E-state index is -0.727. The zero-order chi connectivity index (χ0) is 19.8. The van der Waals surface area contributed by atoms with E-state index < -0.39 is 11.5 Å². The van der Waals surface area contributed by atoms with E-state index in [1.54, 1.807) is 16.7 Å². The first-order chi connectivity index (χ1) is 12.8. The number of carbonyl (C=O) groups is 2. The highest BCUT2D eigenvalue weighted by Gasteiger charge is 2.42. The number of hydrogen-bond donors (Lipinski definition) is 0. The summed E-state index contributed by atoms with van der Waals surface area (Å²) in [6.45, 7) is 6.33. The van der Waals surface area contributed by atoms with Gasteiger partial charge in [-0.25, -0.2) is 4.79 Å². The molecule has 0 bridgehead atoms. The van der Waals surface area contributed by atoms with Gasteiger partial charge in [-0.05, 0) is 38.5 Å². The number of cyclic esters (lactones) is 1. The molecule has 0 spiro atoms. The van der Waals surface area contributed by atoms with E-state index in [4.69, 9.17) is 21.1 Å². The Kier molecular flexibility index (Phi) is 5.44. The van der Waals surface area contributed by atoms with Gasteiger partial charge >= 0.3 is 5.97 Å². The van der Waals surface area contributed by atoms with Gasteiger partial charge in [-0.1, -0.05) is 36.3 Å². The maximum Gasteiger partial charge on any atom is 0.357 e. The molecule has 1 amide bonds. The summed E-state index contributed by atoms with van der Waals surface area (Å²) in [5, 5.41) is 0.423. The predicted octanol–water partition coefficient (Wildman–Crippen LogP) is 4.16. The third-order valence-corrected chi connectivity index (χ3v) is 5.94. The van der Waals surface area contributed by atoms with Gasteiger partial charge in [-0.3, -0.25) is 4.79 Å². The van der Waals surface area contributed by atoms with Crippen molar-refractivity contribution in [3.63, 3.8) is 0 Å². The van der Waals surface area contributed by atoms with Gasteiger partial charge in [0.1, 0.15) is 17.0 Å². The molecule has 0 aliphatic carbocycles. The Balaban J connectivity index is 2.14. The number of thiazole rings is 1. The number of unbranched alkanes of at least 4 members (excludes halogenated alkanes) is 1. The topological polar surface area (TPSA) is 69.9 Å². The van der Waals surface area contributed by atoms with E-state index in [2.05, 4.69) is 11.9 Å². The molecule has 1 aromatic carbocycles. The van der Waals surface area contributed by atoms with E-state index in [-0.39, 0.29) is 11.5 Å². The number of rotatable bonds is 5. The Morgan fingerprint density at radius 1 is 1.41 bits per heavy atom. The van der Waals surface area contributed by atoms with E-state index in [1.807, 2.05) is 13.8 Å². The molecule has 144 valence electrons. The van der Waals surface area contributed by atoms with Crippen LogP contribution in [-0.2, 0) is 16.9 Å². The lowest BCUT2D eigenvalue weighted by Crippen LogP contribution is -2.22. The third kappa shape index (κ3) is 3.66. The number of carbonyl (C=O) groups excluding carboxylic acids is 2. The van der Waals surface area contributed by atoms with Crippen LogP contribution in [0.3, 0.4) is 0 Å². The molecule has 0 saturated heterocycles. The Morgan fingerprint density at radius 2 is 2.15 bits per heavy atom. The number of benzene rings is 1. The van der Waals surface area contributed by atoms with Crippen molar-refractivity contribution in [2.24, 2.45) is 4.99 Å². The number of fused-ring (bicyclic) bond motifs is 1. The number of esters is 1. The van der Waals surface area contributed by atoms with Crippen LogP contribution in [0, 0.1) is 0 Å². The summed E-state index contributed by atoms with van der Waals surface area (Å²) in [4.78, 5) is 30.7. The van der Waals surface area contributed by atoms with E-state index in [1.165, 1.54) is 24.5 Å². The molecule has 1 aromatic heterocycles. The lowest BCUT2D eigenvalue weighted by molar-refractivity contribution is 0.00986. The van der Waals surface area contributed by atoms with Gasteiger partial charge in [-0.2, -0.15) is 4.99 Å². The van der Waals surface area contributed by atoms with Crippen LogP contribution in [0.25, 0.3) is 0 Å². The molecule has 0 N–H and O–H groups in total. The SMILES string of the molecule is CCCCn1c2c(sc1=NC(=O)c1cc(Cl)ccc1OC)C(C)(C)OC2=O. The van der Waals surface area contributed by atoms with E-state index in [0.717, 1.165) is 17.7 Å². The van der Waals surface area contributed by atoms with Gasteiger partial charge in [0.2, 0.25) is 0 Å². The molecule has 1 aliphatic heterocycles. The van der Waals surface area contributed by atoms with E-state index in [9.17, 15) is 9.59 Å². The molecule has 1 aliphatic rings. The van der Waals surface area contributed by atoms with Gasteiger partial charge in [0, 0.05) is 11.6 Å². The molecule has 27 heavy (non-hydrogen) atoms. The Bertz CT molecular complexity index is 975. The molecular weight excluding hydrogens is 388 g/mol. The summed E-state index contributed by atoms with van der Waals surface area (Å²) in [5.41, 5.74) is 0.0424. The summed E-state index contributed by atoms with van der Waals surface area (Å²) in [6, 6.07) is 4.81. The van der Waals surface area contributed by atoms with Crippen molar-refractivity contribution >= 4 is 34.8 Å². The van der Waals surface area contributed by atoms with Crippen molar-refractivity contribution in [2.75, 3.05) is 7.11 Å². The number of nitrogens with zero attached hydrogens (tertiary/aromatic N) is 2. The van der Waals surface area contributed by atoms with Crippen molar-refractivity contribution < 1.29 is 19.1 Å². The number of halogens is 1. The quantitative estimate of drug-likeness (QED) is 0.696. The molecule has 2 aromatic rings. The fraction of sp³-hybridized carbons (Fsp3) is 0.421. The summed E-state index contributed by atoms with van der Waals surface area (Å²) in [7, 11) is 1.49. The number of amides is 1.